The monoisotopic (exact) mass is 545 g/mol. The number of carbonyl (C=O) groups excluding carboxylic acids is 3. The predicted molar refractivity (Wildman–Crippen MR) is 150 cm³/mol. The molecule has 0 spiro atoms. The Morgan fingerprint density at radius 3 is 2.03 bits per heavy atom. The summed E-state index contributed by atoms with van der Waals surface area (Å²) >= 11 is 12.6. The Balaban J connectivity index is 1.71. The summed E-state index contributed by atoms with van der Waals surface area (Å²) in [6, 6.07) is 21.7. The third-order valence-electron chi connectivity index (χ3n) is 7.71. The quantitative estimate of drug-likeness (QED) is 0.199. The molecule has 2 aliphatic rings. The van der Waals surface area contributed by atoms with Crippen LogP contribution in [0.25, 0.3) is 10.9 Å². The zero-order valence-corrected chi connectivity index (χ0v) is 22.8. The smallest absolute Gasteiger partial charge is 0.245 e. The first kappa shape index (κ1) is 24.7. The van der Waals surface area contributed by atoms with E-state index in [1.807, 2.05) is 54.8 Å². The molecule has 1 unspecified atom stereocenters. The van der Waals surface area contributed by atoms with E-state index in [0.29, 0.717) is 38.0 Å². The first-order chi connectivity index (χ1) is 18.0. The third-order valence-corrected chi connectivity index (χ3v) is 8.19. The summed E-state index contributed by atoms with van der Waals surface area (Å²) in [5.41, 5.74) is 0.701. The standard InChI is InChI=1S/C30H25Cl2N3O3/c1-29(2)25(36)24-23(33(27(29)37)20-13-10-17(31)11-14-20)21-16-18(32)12-15-22(21)35(24)26-30(3,4)28(38)34(26)19-8-6-5-7-9-19/h5-16,26H,1-4H3. The maximum atomic E-state index is 14.2. The van der Waals surface area contributed by atoms with Crippen LogP contribution in [0, 0.1) is 10.8 Å². The van der Waals surface area contributed by atoms with Crippen LogP contribution in [-0.2, 0) is 9.59 Å². The van der Waals surface area contributed by atoms with Crippen molar-refractivity contribution in [3.05, 3.63) is 88.5 Å². The number of aromatic nitrogens is 1. The van der Waals surface area contributed by atoms with Crippen molar-refractivity contribution >= 4 is 68.8 Å². The molecule has 1 atom stereocenters. The summed E-state index contributed by atoms with van der Waals surface area (Å²) in [6.07, 6.45) is -0.509. The van der Waals surface area contributed by atoms with Crippen LogP contribution in [0.3, 0.4) is 0 Å². The van der Waals surface area contributed by atoms with Gasteiger partial charge in [-0.2, -0.15) is 0 Å². The number of fused-ring (bicyclic) bond motifs is 3. The van der Waals surface area contributed by atoms with Gasteiger partial charge in [0.2, 0.25) is 11.8 Å². The fourth-order valence-corrected chi connectivity index (χ4v) is 5.95. The topological polar surface area (TPSA) is 62.6 Å². The van der Waals surface area contributed by atoms with Crippen LogP contribution in [0.15, 0.2) is 72.8 Å². The number of anilines is 3. The molecular weight excluding hydrogens is 521 g/mol. The lowest BCUT2D eigenvalue weighted by molar-refractivity contribution is -0.140. The van der Waals surface area contributed by atoms with Crippen molar-refractivity contribution in [1.29, 1.82) is 0 Å². The van der Waals surface area contributed by atoms with E-state index in [-0.39, 0.29) is 17.6 Å². The molecule has 6 nitrogen and oxygen atoms in total. The van der Waals surface area contributed by atoms with Crippen molar-refractivity contribution in [2.24, 2.45) is 10.8 Å². The number of amides is 2. The molecule has 2 amide bonds. The van der Waals surface area contributed by atoms with Crippen LogP contribution in [0.4, 0.5) is 17.1 Å². The van der Waals surface area contributed by atoms with Gasteiger partial charge in [0.25, 0.3) is 0 Å². The highest BCUT2D eigenvalue weighted by molar-refractivity contribution is 6.34. The summed E-state index contributed by atoms with van der Waals surface area (Å²) in [5, 5.41) is 1.66. The molecule has 0 aliphatic carbocycles. The number of halogens is 2. The van der Waals surface area contributed by atoms with Crippen molar-refractivity contribution in [3.63, 3.8) is 0 Å². The molecule has 0 radical (unpaired) electrons. The Kier molecular flexibility index (Phi) is 5.33. The zero-order valence-electron chi connectivity index (χ0n) is 21.3. The highest BCUT2D eigenvalue weighted by Crippen LogP contribution is 2.55. The van der Waals surface area contributed by atoms with Gasteiger partial charge in [-0.15, -0.1) is 0 Å². The van der Waals surface area contributed by atoms with Gasteiger partial charge in [0.1, 0.15) is 17.3 Å². The number of β-lactam (4-membered cyclic amide) rings is 1. The number of Topliss-reactive ketones (excluding diaryl/α,β-unsaturated/α-hetero) is 1. The zero-order chi connectivity index (χ0) is 27.1. The van der Waals surface area contributed by atoms with Gasteiger partial charge in [0, 0.05) is 26.8 Å². The molecular formula is C30H25Cl2N3O3. The van der Waals surface area contributed by atoms with Gasteiger partial charge >= 0.3 is 0 Å². The SMILES string of the molecule is CC1(C)C(=O)c2c(c3cc(Cl)ccc3n2C2N(c3ccccc3)C(=O)C2(C)C)N(c2ccc(Cl)cc2)C1=O. The molecule has 8 heteroatoms. The van der Waals surface area contributed by atoms with Crippen LogP contribution >= 0.6 is 23.2 Å². The second kappa shape index (κ2) is 8.19. The number of benzene rings is 3. The molecule has 4 aromatic rings. The lowest BCUT2D eigenvalue weighted by Gasteiger charge is -2.54. The lowest BCUT2D eigenvalue weighted by atomic mass is 9.76. The Morgan fingerprint density at radius 1 is 0.737 bits per heavy atom. The number of para-hydroxylation sites is 1. The fourth-order valence-electron chi connectivity index (χ4n) is 5.65. The van der Waals surface area contributed by atoms with E-state index < -0.39 is 17.0 Å². The van der Waals surface area contributed by atoms with Crippen LogP contribution in [-0.4, -0.2) is 22.2 Å². The number of hydrogen-bond acceptors (Lipinski definition) is 3. The Bertz CT molecular complexity index is 1660. The summed E-state index contributed by atoms with van der Waals surface area (Å²) in [6.45, 7) is 7.05. The summed E-state index contributed by atoms with van der Waals surface area (Å²) in [7, 11) is 0. The fraction of sp³-hybridized carbons (Fsp3) is 0.233. The molecule has 3 heterocycles. The Labute approximate surface area is 230 Å². The van der Waals surface area contributed by atoms with E-state index in [1.54, 1.807) is 60.0 Å². The van der Waals surface area contributed by atoms with E-state index in [4.69, 9.17) is 23.2 Å². The minimum atomic E-state index is -1.35. The molecule has 38 heavy (non-hydrogen) atoms. The molecule has 0 saturated carbocycles. The maximum Gasteiger partial charge on any atom is 0.245 e. The predicted octanol–water partition coefficient (Wildman–Crippen LogP) is 7.41. The van der Waals surface area contributed by atoms with E-state index in [1.165, 1.54) is 0 Å². The second-order valence-electron chi connectivity index (χ2n) is 10.9. The minimum Gasteiger partial charge on any atom is -0.313 e. The van der Waals surface area contributed by atoms with Gasteiger partial charge in [-0.3, -0.25) is 24.2 Å². The van der Waals surface area contributed by atoms with E-state index in [0.717, 1.165) is 5.69 Å². The summed E-state index contributed by atoms with van der Waals surface area (Å²) in [5.74, 6) is -0.704. The van der Waals surface area contributed by atoms with Gasteiger partial charge in [0.05, 0.1) is 16.6 Å². The van der Waals surface area contributed by atoms with Gasteiger partial charge in [-0.1, -0.05) is 41.4 Å². The molecule has 3 aromatic carbocycles. The summed E-state index contributed by atoms with van der Waals surface area (Å²) < 4.78 is 1.93. The van der Waals surface area contributed by atoms with Crippen molar-refractivity contribution < 1.29 is 14.4 Å². The van der Waals surface area contributed by atoms with Crippen molar-refractivity contribution in [3.8, 4) is 0 Å². The van der Waals surface area contributed by atoms with E-state index in [9.17, 15) is 14.4 Å². The number of carbonyl (C=O) groups is 3. The van der Waals surface area contributed by atoms with Crippen LogP contribution in [0.2, 0.25) is 10.0 Å². The van der Waals surface area contributed by atoms with E-state index in [2.05, 4.69) is 0 Å². The second-order valence-corrected chi connectivity index (χ2v) is 11.8. The van der Waals surface area contributed by atoms with Crippen molar-refractivity contribution in [2.75, 3.05) is 9.80 Å². The van der Waals surface area contributed by atoms with Crippen LogP contribution < -0.4 is 9.80 Å². The average Bonchev–Trinajstić information content (AvgIpc) is 3.20. The third kappa shape index (κ3) is 3.23. The number of hydrogen-bond donors (Lipinski definition) is 0. The van der Waals surface area contributed by atoms with Crippen molar-refractivity contribution in [2.45, 2.75) is 33.9 Å². The van der Waals surface area contributed by atoms with Gasteiger partial charge in [-0.05, 0) is 82.3 Å². The largest absolute Gasteiger partial charge is 0.313 e. The molecule has 1 fully saturated rings. The van der Waals surface area contributed by atoms with Gasteiger partial charge < -0.3 is 4.57 Å². The first-order valence-corrected chi connectivity index (χ1v) is 13.1. The lowest BCUT2D eigenvalue weighted by Crippen LogP contribution is -2.64. The number of rotatable bonds is 3. The molecule has 2 aliphatic heterocycles. The average molecular weight is 546 g/mol. The van der Waals surface area contributed by atoms with Gasteiger partial charge in [-0.25, -0.2) is 0 Å². The Hall–Kier alpha value is -3.61. The normalized spacial score (nSPS) is 20.1. The first-order valence-electron chi connectivity index (χ1n) is 12.3. The number of nitrogens with zero attached hydrogens (tertiary/aromatic N) is 3. The minimum absolute atomic E-state index is 0.0496. The highest BCUT2D eigenvalue weighted by Gasteiger charge is 2.59. The molecule has 1 saturated heterocycles. The van der Waals surface area contributed by atoms with Crippen molar-refractivity contribution in [1.82, 2.24) is 4.57 Å². The molecule has 0 N–H and O–H groups in total. The Morgan fingerprint density at radius 2 is 1.37 bits per heavy atom. The molecule has 1 aromatic heterocycles. The highest BCUT2D eigenvalue weighted by atomic mass is 35.5. The molecule has 0 bridgehead atoms. The number of ketones is 1. The molecule has 192 valence electrons. The summed E-state index contributed by atoms with van der Waals surface area (Å²) in [4.78, 5) is 44.9. The maximum absolute atomic E-state index is 14.2. The van der Waals surface area contributed by atoms with Crippen LogP contribution in [0.1, 0.15) is 44.3 Å². The molecule has 6 rings (SSSR count). The van der Waals surface area contributed by atoms with Gasteiger partial charge in [0.15, 0.2) is 5.78 Å². The van der Waals surface area contributed by atoms with E-state index >= 15 is 0 Å². The van der Waals surface area contributed by atoms with Crippen LogP contribution in [0.5, 0.6) is 0 Å².